The van der Waals surface area contributed by atoms with Crippen LogP contribution in [0.2, 0.25) is 0 Å². The Balaban J connectivity index is 1.44. The lowest BCUT2D eigenvalue weighted by Gasteiger charge is -2.65. The summed E-state index contributed by atoms with van der Waals surface area (Å²) in [6.07, 6.45) is -3.31. The smallest absolute Gasteiger partial charge is 0.343 e. The van der Waals surface area contributed by atoms with Crippen LogP contribution < -0.4 is 0 Å². The maximum Gasteiger partial charge on any atom is 0.343 e. The van der Waals surface area contributed by atoms with Gasteiger partial charge in [0.2, 0.25) is 0 Å². The SMILES string of the molecule is CC(=O)O[C@H]1C[C@H]2[C@@H](C(=O)[C@H](O)[C@@]3(O)C[C@@H]4O[C@@H]4[C@H](OC(C)=O)[C@]23C)[C@@H]2C(=O)[C@@H]3[C@H]([C@H](C)C=C4OC(=O)[C@@](C)(O)[C@@]43C)[C@@]12C. The van der Waals surface area contributed by atoms with Crippen molar-refractivity contribution < 1.29 is 58.2 Å². The molecule has 2 heterocycles. The Labute approximate surface area is 254 Å². The second-order valence-corrected chi connectivity index (χ2v) is 15.2. The van der Waals surface area contributed by atoms with Crippen molar-refractivity contribution in [2.45, 2.75) is 103 Å². The predicted octanol–water partition coefficient (Wildman–Crippen LogP) is 0.623. The van der Waals surface area contributed by atoms with E-state index in [-0.39, 0.29) is 18.6 Å². The maximum atomic E-state index is 15.0. The van der Waals surface area contributed by atoms with Gasteiger partial charge in [-0.25, -0.2) is 4.79 Å². The summed E-state index contributed by atoms with van der Waals surface area (Å²) in [5, 5.41) is 35.4. The summed E-state index contributed by atoms with van der Waals surface area (Å²) in [6, 6.07) is 0. The molecule has 3 N–H and O–H groups in total. The molecule has 6 fully saturated rings. The van der Waals surface area contributed by atoms with Crippen LogP contribution in [-0.4, -0.2) is 86.5 Å². The van der Waals surface area contributed by atoms with Crippen LogP contribution in [0.3, 0.4) is 0 Å². The van der Waals surface area contributed by atoms with Gasteiger partial charge in [0, 0.05) is 48.9 Å². The summed E-state index contributed by atoms with van der Waals surface area (Å²) < 4.78 is 23.1. The Hall–Kier alpha value is -2.67. The number of rotatable bonds is 2. The molecular weight excluding hydrogens is 576 g/mol. The highest BCUT2D eigenvalue weighted by Crippen LogP contribution is 2.74. The normalized spacial score (nSPS) is 56.5. The first kappa shape index (κ1) is 30.0. The van der Waals surface area contributed by atoms with Gasteiger partial charge in [0.05, 0.1) is 11.5 Å². The van der Waals surface area contributed by atoms with E-state index in [2.05, 4.69) is 0 Å². The Bertz CT molecular complexity index is 1450. The standard InChI is InChI=1S/C32H40O12/c1-11-8-17-30(6,31(7,39)27(38)44-17)21-19(11)28(4)16(41-12(2)33)9-14-18(20(28)23(21)36)22(35)25(37)32(40)10-15-24(43-15)26(29(14,32)5)42-13(3)34/h8,11,14-16,18-21,24-26,37,39-40H,9-10H2,1-7H3/t11-,14+,15+,16+,18-,19+,20-,21+,24+,25+,26+,28-,29+,30+,31-,32+/m1/s1. The van der Waals surface area contributed by atoms with Crippen LogP contribution in [-0.2, 0) is 42.9 Å². The molecule has 0 bridgehead atoms. The molecule has 44 heavy (non-hydrogen) atoms. The second-order valence-electron chi connectivity index (χ2n) is 15.2. The minimum absolute atomic E-state index is 0.0337. The first-order valence-corrected chi connectivity index (χ1v) is 15.4. The Morgan fingerprint density at radius 1 is 0.977 bits per heavy atom. The topological polar surface area (TPSA) is 186 Å². The summed E-state index contributed by atoms with van der Waals surface area (Å²) in [6.45, 7) is 10.8. The molecule has 2 saturated heterocycles. The van der Waals surface area contributed by atoms with Gasteiger partial charge >= 0.3 is 17.9 Å². The van der Waals surface area contributed by atoms with Gasteiger partial charge in [-0.2, -0.15) is 0 Å². The molecule has 0 aromatic carbocycles. The van der Waals surface area contributed by atoms with E-state index in [4.69, 9.17) is 18.9 Å². The quantitative estimate of drug-likeness (QED) is 0.223. The molecule has 2 aliphatic heterocycles. The zero-order chi connectivity index (χ0) is 32.3. The van der Waals surface area contributed by atoms with Gasteiger partial charge in [0.15, 0.2) is 11.4 Å². The molecule has 0 amide bonds. The number of allylic oxidation sites excluding steroid dienone is 1. The number of epoxide rings is 1. The van der Waals surface area contributed by atoms with Crippen LogP contribution in [0.5, 0.6) is 0 Å². The Morgan fingerprint density at radius 2 is 1.61 bits per heavy atom. The predicted molar refractivity (Wildman–Crippen MR) is 146 cm³/mol. The fraction of sp³-hybridized carbons (Fsp3) is 0.781. The van der Waals surface area contributed by atoms with E-state index in [0.717, 1.165) is 0 Å². The molecular formula is C32H40O12. The first-order chi connectivity index (χ1) is 20.3. The van der Waals surface area contributed by atoms with Crippen molar-refractivity contribution in [1.29, 1.82) is 0 Å². The van der Waals surface area contributed by atoms with E-state index in [1.54, 1.807) is 19.9 Å². The molecule has 12 nitrogen and oxygen atoms in total. The van der Waals surface area contributed by atoms with Crippen LogP contribution >= 0.6 is 0 Å². The highest BCUT2D eigenvalue weighted by atomic mass is 16.6. The van der Waals surface area contributed by atoms with Crippen LogP contribution in [0.25, 0.3) is 0 Å². The highest BCUT2D eigenvalue weighted by Gasteiger charge is 2.83. The number of ketones is 2. The summed E-state index contributed by atoms with van der Waals surface area (Å²) in [4.78, 5) is 67.4. The Kier molecular flexibility index (Phi) is 5.84. The highest BCUT2D eigenvalue weighted by molar-refractivity contribution is 5.99. The number of fused-ring (bicyclic) bond motifs is 10. The van der Waals surface area contributed by atoms with E-state index in [1.807, 2.05) is 13.8 Å². The first-order valence-electron chi connectivity index (χ1n) is 15.4. The van der Waals surface area contributed by atoms with Gasteiger partial charge in [0.1, 0.15) is 41.6 Å². The summed E-state index contributed by atoms with van der Waals surface area (Å²) >= 11 is 0. The van der Waals surface area contributed by atoms with Crippen LogP contribution in [0.4, 0.5) is 0 Å². The number of esters is 3. The number of aliphatic hydroxyl groups is 3. The number of aliphatic hydroxyl groups excluding tert-OH is 1. The zero-order valence-electron chi connectivity index (χ0n) is 25.9. The molecule has 0 unspecified atom stereocenters. The number of carbonyl (C=O) groups excluding carboxylic acids is 5. The van der Waals surface area contributed by atoms with Crippen molar-refractivity contribution in [3.05, 3.63) is 11.8 Å². The minimum atomic E-state index is -2.07. The fourth-order valence-electron chi connectivity index (χ4n) is 11.1. The van der Waals surface area contributed by atoms with Crippen molar-refractivity contribution in [2.75, 3.05) is 0 Å². The van der Waals surface area contributed by atoms with Gasteiger partial charge in [0.25, 0.3) is 0 Å². The Morgan fingerprint density at radius 3 is 2.23 bits per heavy atom. The molecule has 7 rings (SSSR count). The molecule has 240 valence electrons. The van der Waals surface area contributed by atoms with Crippen molar-refractivity contribution in [3.8, 4) is 0 Å². The molecule has 7 aliphatic rings. The molecule has 16 atom stereocenters. The number of hydrogen-bond acceptors (Lipinski definition) is 12. The molecule has 0 spiro atoms. The van der Waals surface area contributed by atoms with Crippen molar-refractivity contribution in [2.24, 2.45) is 51.8 Å². The fourth-order valence-corrected chi connectivity index (χ4v) is 11.1. The molecule has 5 aliphatic carbocycles. The average molecular weight is 617 g/mol. The van der Waals surface area contributed by atoms with E-state index >= 15 is 4.79 Å². The van der Waals surface area contributed by atoms with Crippen LogP contribution in [0.1, 0.15) is 61.3 Å². The van der Waals surface area contributed by atoms with Gasteiger partial charge in [-0.1, -0.05) is 20.8 Å². The van der Waals surface area contributed by atoms with Crippen molar-refractivity contribution in [1.82, 2.24) is 0 Å². The monoisotopic (exact) mass is 616 g/mol. The number of ether oxygens (including phenoxy) is 4. The molecule has 0 aromatic rings. The van der Waals surface area contributed by atoms with Crippen molar-refractivity contribution >= 4 is 29.5 Å². The third-order valence-electron chi connectivity index (χ3n) is 13.4. The molecule has 4 saturated carbocycles. The lowest BCUT2D eigenvalue weighted by molar-refractivity contribution is -0.273. The zero-order valence-corrected chi connectivity index (χ0v) is 25.9. The maximum absolute atomic E-state index is 15.0. The third kappa shape index (κ3) is 3.11. The molecule has 0 radical (unpaired) electrons. The largest absolute Gasteiger partial charge is 0.462 e. The van der Waals surface area contributed by atoms with Crippen molar-refractivity contribution in [3.63, 3.8) is 0 Å². The number of Topliss-reactive ketones (excluding diaryl/α,β-unsaturated/α-hetero) is 2. The molecule has 0 aromatic heterocycles. The van der Waals surface area contributed by atoms with Crippen LogP contribution in [0, 0.1) is 51.8 Å². The average Bonchev–Trinajstić information content (AvgIpc) is 3.59. The summed E-state index contributed by atoms with van der Waals surface area (Å²) in [7, 11) is 0. The van der Waals surface area contributed by atoms with Crippen LogP contribution in [0.15, 0.2) is 11.8 Å². The van der Waals surface area contributed by atoms with Gasteiger partial charge in [-0.3, -0.25) is 19.2 Å². The van der Waals surface area contributed by atoms with Gasteiger partial charge in [-0.15, -0.1) is 0 Å². The van der Waals surface area contributed by atoms with E-state index in [1.165, 1.54) is 20.8 Å². The summed E-state index contributed by atoms with van der Waals surface area (Å²) in [5.41, 5.74) is -8.25. The van der Waals surface area contributed by atoms with E-state index in [9.17, 15) is 34.5 Å². The number of carbonyl (C=O) groups is 5. The van der Waals surface area contributed by atoms with E-state index in [0.29, 0.717) is 0 Å². The minimum Gasteiger partial charge on any atom is -0.462 e. The lowest BCUT2D eigenvalue weighted by atomic mass is 9.40. The van der Waals surface area contributed by atoms with E-state index < -0.39 is 123 Å². The second kappa shape index (κ2) is 8.57. The molecule has 12 heteroatoms. The van der Waals surface area contributed by atoms with Gasteiger partial charge < -0.3 is 34.3 Å². The number of hydrogen-bond donors (Lipinski definition) is 3. The summed E-state index contributed by atoms with van der Waals surface area (Å²) in [5.74, 6) is -8.18. The lowest BCUT2D eigenvalue weighted by Crippen LogP contribution is -2.77. The van der Waals surface area contributed by atoms with Gasteiger partial charge in [-0.05, 0) is 44.1 Å². The third-order valence-corrected chi connectivity index (χ3v) is 13.4.